The molecule has 0 aliphatic rings. The molecular formula is C23H27F3O5. The summed E-state index contributed by atoms with van der Waals surface area (Å²) < 4.78 is 52.1. The molecule has 1 atom stereocenters. The van der Waals surface area contributed by atoms with Gasteiger partial charge in [-0.3, -0.25) is 0 Å². The van der Waals surface area contributed by atoms with Crippen LogP contribution in [0, 0.1) is 13.8 Å². The number of carboxylic acids is 1. The topological polar surface area (TPSA) is 65.0 Å². The minimum atomic E-state index is -4.73. The van der Waals surface area contributed by atoms with E-state index in [-0.39, 0.29) is 11.9 Å². The Morgan fingerprint density at radius 3 is 2.03 bits per heavy atom. The van der Waals surface area contributed by atoms with Gasteiger partial charge in [-0.15, -0.1) is 13.2 Å². The van der Waals surface area contributed by atoms with Gasteiger partial charge in [0.25, 0.3) is 0 Å². The molecule has 0 spiro atoms. The van der Waals surface area contributed by atoms with Crippen molar-refractivity contribution in [3.05, 3.63) is 58.7 Å². The molecule has 0 saturated heterocycles. The van der Waals surface area contributed by atoms with Gasteiger partial charge in [-0.05, 0) is 74.9 Å². The Labute approximate surface area is 179 Å². The molecule has 2 aromatic rings. The first kappa shape index (κ1) is 24.5. The molecule has 0 amide bonds. The van der Waals surface area contributed by atoms with Gasteiger partial charge in [0.2, 0.25) is 0 Å². The number of aryl methyl sites for hydroxylation is 3. The summed E-state index contributed by atoms with van der Waals surface area (Å²) in [6.45, 7) is 6.71. The number of rotatable bonds is 9. The second kappa shape index (κ2) is 9.60. The molecule has 0 heterocycles. The SMILES string of the molecule is COC(CCc1cc(C)c(OC(C)(C)C(=O)O)c(C)c1)c1ccc(OC(F)(F)F)cc1. The first-order chi connectivity index (χ1) is 14.3. The molecule has 0 saturated carbocycles. The largest absolute Gasteiger partial charge is 0.573 e. The van der Waals surface area contributed by atoms with Gasteiger partial charge in [0.05, 0.1) is 6.10 Å². The molecule has 2 aromatic carbocycles. The third-order valence-electron chi connectivity index (χ3n) is 4.86. The summed E-state index contributed by atoms with van der Waals surface area (Å²) in [4.78, 5) is 11.3. The van der Waals surface area contributed by atoms with Crippen molar-refractivity contribution in [3.8, 4) is 11.5 Å². The molecule has 0 fully saturated rings. The number of methoxy groups -OCH3 is 1. The van der Waals surface area contributed by atoms with E-state index >= 15 is 0 Å². The van der Waals surface area contributed by atoms with Crippen molar-refractivity contribution in [2.24, 2.45) is 0 Å². The van der Waals surface area contributed by atoms with Crippen LogP contribution in [-0.4, -0.2) is 30.1 Å². The summed E-state index contributed by atoms with van der Waals surface area (Å²) in [5.41, 5.74) is 2.07. The van der Waals surface area contributed by atoms with Crippen molar-refractivity contribution in [1.29, 1.82) is 0 Å². The minimum absolute atomic E-state index is 0.280. The lowest BCUT2D eigenvalue weighted by Crippen LogP contribution is -2.38. The Morgan fingerprint density at radius 2 is 1.58 bits per heavy atom. The van der Waals surface area contributed by atoms with Crippen LogP contribution in [0.4, 0.5) is 13.2 Å². The fourth-order valence-electron chi connectivity index (χ4n) is 3.25. The first-order valence-corrected chi connectivity index (χ1v) is 9.73. The lowest BCUT2D eigenvalue weighted by molar-refractivity contribution is -0.274. The van der Waals surface area contributed by atoms with Gasteiger partial charge in [0, 0.05) is 7.11 Å². The van der Waals surface area contributed by atoms with E-state index in [4.69, 9.17) is 9.47 Å². The lowest BCUT2D eigenvalue weighted by Gasteiger charge is -2.25. The van der Waals surface area contributed by atoms with E-state index in [9.17, 15) is 23.1 Å². The Bertz CT molecular complexity index is 881. The average Bonchev–Trinajstić information content (AvgIpc) is 2.65. The fourth-order valence-corrected chi connectivity index (χ4v) is 3.25. The van der Waals surface area contributed by atoms with Crippen LogP contribution in [0.25, 0.3) is 0 Å². The van der Waals surface area contributed by atoms with Gasteiger partial charge in [0.15, 0.2) is 5.60 Å². The van der Waals surface area contributed by atoms with Crippen molar-refractivity contribution in [3.63, 3.8) is 0 Å². The molecule has 0 aromatic heterocycles. The average molecular weight is 440 g/mol. The fraction of sp³-hybridized carbons (Fsp3) is 0.435. The summed E-state index contributed by atoms with van der Waals surface area (Å²) in [6.07, 6.45) is -3.77. The standard InChI is InChI=1S/C23H27F3O5/c1-14-12-16(13-15(2)20(14)31-22(3,4)21(27)28)6-11-19(29-5)17-7-9-18(10-8-17)30-23(24,25)26/h7-10,12-13,19H,6,11H2,1-5H3,(H,27,28). The highest BCUT2D eigenvalue weighted by atomic mass is 19.4. The van der Waals surface area contributed by atoms with Crippen molar-refractivity contribution >= 4 is 5.97 Å². The highest BCUT2D eigenvalue weighted by molar-refractivity contribution is 5.77. The van der Waals surface area contributed by atoms with Gasteiger partial charge in [0.1, 0.15) is 11.5 Å². The molecule has 31 heavy (non-hydrogen) atoms. The van der Waals surface area contributed by atoms with Gasteiger partial charge >= 0.3 is 12.3 Å². The number of carboxylic acid groups (broad SMARTS) is 1. The molecule has 0 radical (unpaired) electrons. The predicted octanol–water partition coefficient (Wildman–Crippen LogP) is 5.76. The summed E-state index contributed by atoms with van der Waals surface area (Å²) in [7, 11) is 1.55. The maximum Gasteiger partial charge on any atom is 0.573 e. The van der Waals surface area contributed by atoms with Crippen LogP contribution < -0.4 is 9.47 Å². The van der Waals surface area contributed by atoms with Gasteiger partial charge in [-0.2, -0.15) is 0 Å². The molecule has 0 bridgehead atoms. The molecule has 0 aliphatic heterocycles. The van der Waals surface area contributed by atoms with E-state index < -0.39 is 17.9 Å². The Morgan fingerprint density at radius 1 is 1.03 bits per heavy atom. The molecule has 0 aliphatic carbocycles. The molecular weight excluding hydrogens is 413 g/mol. The molecule has 1 N–H and O–H groups in total. The maximum atomic E-state index is 12.3. The van der Waals surface area contributed by atoms with Gasteiger partial charge in [-0.25, -0.2) is 4.79 Å². The summed E-state index contributed by atoms with van der Waals surface area (Å²) in [5, 5.41) is 9.29. The summed E-state index contributed by atoms with van der Waals surface area (Å²) in [5.74, 6) is -0.790. The third kappa shape index (κ3) is 6.89. The lowest BCUT2D eigenvalue weighted by atomic mass is 9.97. The van der Waals surface area contributed by atoms with E-state index in [1.807, 2.05) is 26.0 Å². The van der Waals surface area contributed by atoms with Crippen LogP contribution in [-0.2, 0) is 16.0 Å². The zero-order chi connectivity index (χ0) is 23.4. The van der Waals surface area contributed by atoms with E-state index in [0.717, 1.165) is 22.3 Å². The number of halogens is 3. The minimum Gasteiger partial charge on any atom is -0.478 e. The predicted molar refractivity (Wildman–Crippen MR) is 109 cm³/mol. The van der Waals surface area contributed by atoms with Gasteiger partial charge < -0.3 is 19.3 Å². The Kier molecular flexibility index (Phi) is 7.59. The summed E-state index contributed by atoms with van der Waals surface area (Å²) in [6, 6.07) is 9.51. The monoisotopic (exact) mass is 440 g/mol. The molecule has 170 valence electrons. The number of hydrogen-bond donors (Lipinski definition) is 1. The van der Waals surface area contributed by atoms with Crippen molar-refractivity contribution in [2.75, 3.05) is 7.11 Å². The molecule has 8 heteroatoms. The number of alkyl halides is 3. The Balaban J connectivity index is 2.09. The maximum absolute atomic E-state index is 12.3. The molecule has 1 unspecified atom stereocenters. The second-order valence-corrected chi connectivity index (χ2v) is 7.86. The number of carbonyl (C=O) groups is 1. The number of ether oxygens (including phenoxy) is 3. The van der Waals surface area contributed by atoms with Gasteiger partial charge in [-0.1, -0.05) is 24.3 Å². The van der Waals surface area contributed by atoms with E-state index in [2.05, 4.69) is 4.74 Å². The van der Waals surface area contributed by atoms with E-state index in [0.29, 0.717) is 18.6 Å². The van der Waals surface area contributed by atoms with E-state index in [1.54, 1.807) is 19.2 Å². The number of benzene rings is 2. The van der Waals surface area contributed by atoms with Crippen molar-refractivity contribution in [1.82, 2.24) is 0 Å². The third-order valence-corrected chi connectivity index (χ3v) is 4.86. The van der Waals surface area contributed by atoms with Crippen LogP contribution in [0.3, 0.4) is 0 Å². The molecule has 5 nitrogen and oxygen atoms in total. The normalized spacial score (nSPS) is 13.0. The van der Waals surface area contributed by atoms with Crippen LogP contribution in [0.15, 0.2) is 36.4 Å². The van der Waals surface area contributed by atoms with Crippen molar-refractivity contribution < 1.29 is 37.3 Å². The molecule has 2 rings (SSSR count). The highest BCUT2D eigenvalue weighted by Crippen LogP contribution is 2.31. The van der Waals surface area contributed by atoms with Crippen LogP contribution in [0.2, 0.25) is 0 Å². The first-order valence-electron chi connectivity index (χ1n) is 9.73. The second-order valence-electron chi connectivity index (χ2n) is 7.86. The van der Waals surface area contributed by atoms with Crippen molar-refractivity contribution in [2.45, 2.75) is 58.6 Å². The van der Waals surface area contributed by atoms with E-state index in [1.165, 1.54) is 26.0 Å². The van der Waals surface area contributed by atoms with Crippen LogP contribution in [0.1, 0.15) is 48.6 Å². The zero-order valence-corrected chi connectivity index (χ0v) is 18.2. The zero-order valence-electron chi connectivity index (χ0n) is 18.2. The number of aliphatic carboxylic acids is 1. The van der Waals surface area contributed by atoms with Crippen LogP contribution in [0.5, 0.6) is 11.5 Å². The Hall–Kier alpha value is -2.74. The highest BCUT2D eigenvalue weighted by Gasteiger charge is 2.31. The smallest absolute Gasteiger partial charge is 0.478 e. The van der Waals surface area contributed by atoms with Crippen LogP contribution >= 0.6 is 0 Å². The quantitative estimate of drug-likeness (QED) is 0.537. The number of hydrogen-bond acceptors (Lipinski definition) is 4. The summed E-state index contributed by atoms with van der Waals surface area (Å²) >= 11 is 0.